The number of hydrogen-bond acceptors (Lipinski definition) is 2. The quantitative estimate of drug-likeness (QED) is 0.488. The fourth-order valence-electron chi connectivity index (χ4n) is 1.76. The van der Waals surface area contributed by atoms with Gasteiger partial charge in [-0.2, -0.15) is 0 Å². The molecule has 1 aliphatic rings. The van der Waals surface area contributed by atoms with Crippen LogP contribution in [0.25, 0.3) is 0 Å². The highest BCUT2D eigenvalue weighted by atomic mass is 31.2. The van der Waals surface area contributed by atoms with Crippen molar-refractivity contribution in [2.45, 2.75) is 13.3 Å². The molecule has 1 rings (SSSR count). The van der Waals surface area contributed by atoms with Gasteiger partial charge in [-0.15, -0.1) is 12.3 Å². The van der Waals surface area contributed by atoms with Gasteiger partial charge < -0.3 is 4.52 Å². The Labute approximate surface area is 74.1 Å². The van der Waals surface area contributed by atoms with Gasteiger partial charge in [-0.25, -0.2) is 0 Å². The normalized spacial score (nSPS) is 41.1. The predicted octanol–water partition coefficient (Wildman–Crippen LogP) is 2.20. The standard InChI is InChI=1S/C9H15O2P/c1-4-8-6-12(10,11-3)7-9(8)5-2/h1,8-9H,5-7H2,2-3H3. The van der Waals surface area contributed by atoms with Crippen LogP contribution in [0, 0.1) is 24.2 Å². The second kappa shape index (κ2) is 3.64. The zero-order chi connectivity index (χ0) is 9.19. The molecule has 3 unspecified atom stereocenters. The Morgan fingerprint density at radius 1 is 1.67 bits per heavy atom. The van der Waals surface area contributed by atoms with Gasteiger partial charge >= 0.3 is 0 Å². The first kappa shape index (κ1) is 9.84. The molecule has 0 aromatic carbocycles. The Morgan fingerprint density at radius 3 is 2.67 bits per heavy atom. The molecule has 1 aliphatic heterocycles. The highest BCUT2D eigenvalue weighted by molar-refractivity contribution is 7.59. The van der Waals surface area contributed by atoms with Crippen molar-refractivity contribution in [2.75, 3.05) is 19.4 Å². The van der Waals surface area contributed by atoms with Gasteiger partial charge in [0.25, 0.3) is 0 Å². The summed E-state index contributed by atoms with van der Waals surface area (Å²) >= 11 is 0. The van der Waals surface area contributed by atoms with Crippen LogP contribution in [0.1, 0.15) is 13.3 Å². The average Bonchev–Trinajstić information content (AvgIpc) is 2.43. The topological polar surface area (TPSA) is 26.3 Å². The molecule has 3 atom stereocenters. The molecule has 0 amide bonds. The van der Waals surface area contributed by atoms with Gasteiger partial charge in [0.2, 0.25) is 7.37 Å². The van der Waals surface area contributed by atoms with Crippen LogP contribution in [0.3, 0.4) is 0 Å². The molecule has 0 saturated carbocycles. The van der Waals surface area contributed by atoms with Crippen LogP contribution in [-0.2, 0) is 9.09 Å². The van der Waals surface area contributed by atoms with E-state index in [1.807, 2.05) is 0 Å². The van der Waals surface area contributed by atoms with Crippen LogP contribution in [0.5, 0.6) is 0 Å². The third-order valence-electron chi connectivity index (χ3n) is 2.63. The third kappa shape index (κ3) is 1.73. The van der Waals surface area contributed by atoms with Gasteiger partial charge in [-0.1, -0.05) is 13.3 Å². The monoisotopic (exact) mass is 186 g/mol. The van der Waals surface area contributed by atoms with Gasteiger partial charge in [-0.3, -0.25) is 4.57 Å². The fraction of sp³-hybridized carbons (Fsp3) is 0.778. The Kier molecular flexibility index (Phi) is 2.99. The highest BCUT2D eigenvalue weighted by Gasteiger charge is 2.40. The van der Waals surface area contributed by atoms with Crippen molar-refractivity contribution in [2.24, 2.45) is 11.8 Å². The first-order valence-electron chi connectivity index (χ1n) is 4.25. The number of rotatable bonds is 2. The van der Waals surface area contributed by atoms with E-state index in [4.69, 9.17) is 10.9 Å². The van der Waals surface area contributed by atoms with E-state index in [1.54, 1.807) is 0 Å². The van der Waals surface area contributed by atoms with Gasteiger partial charge in [-0.05, 0) is 5.92 Å². The molecule has 0 radical (unpaired) electrons. The van der Waals surface area contributed by atoms with Crippen LogP contribution in [0.2, 0.25) is 0 Å². The predicted molar refractivity (Wildman–Crippen MR) is 50.5 cm³/mol. The molecule has 3 heteroatoms. The van der Waals surface area contributed by atoms with Crippen molar-refractivity contribution in [1.29, 1.82) is 0 Å². The average molecular weight is 186 g/mol. The van der Waals surface area contributed by atoms with E-state index in [-0.39, 0.29) is 5.92 Å². The van der Waals surface area contributed by atoms with Gasteiger partial charge in [0.15, 0.2) is 0 Å². The Morgan fingerprint density at radius 2 is 2.33 bits per heavy atom. The molecule has 0 N–H and O–H groups in total. The van der Waals surface area contributed by atoms with Gasteiger partial charge in [0.05, 0.1) is 0 Å². The maximum atomic E-state index is 11.8. The SMILES string of the molecule is C#CC1CP(=O)(OC)CC1CC. The minimum absolute atomic E-state index is 0.167. The zero-order valence-corrected chi connectivity index (χ0v) is 8.51. The van der Waals surface area contributed by atoms with E-state index in [2.05, 4.69) is 12.8 Å². The van der Waals surface area contributed by atoms with E-state index < -0.39 is 7.37 Å². The van der Waals surface area contributed by atoms with Crippen molar-refractivity contribution in [3.8, 4) is 12.3 Å². The van der Waals surface area contributed by atoms with E-state index in [0.717, 1.165) is 6.42 Å². The van der Waals surface area contributed by atoms with Crippen molar-refractivity contribution in [3.05, 3.63) is 0 Å². The molecule has 1 fully saturated rings. The molecule has 0 bridgehead atoms. The molecule has 68 valence electrons. The molecule has 0 aromatic rings. The summed E-state index contributed by atoms with van der Waals surface area (Å²) < 4.78 is 16.8. The maximum Gasteiger partial charge on any atom is 0.204 e. The van der Waals surface area contributed by atoms with Crippen LogP contribution >= 0.6 is 7.37 Å². The second-order valence-electron chi connectivity index (χ2n) is 3.30. The summed E-state index contributed by atoms with van der Waals surface area (Å²) in [5.74, 6) is 3.27. The number of terminal acetylenes is 1. The lowest BCUT2D eigenvalue weighted by molar-refractivity contribution is 0.397. The second-order valence-corrected chi connectivity index (χ2v) is 6.03. The molecule has 0 spiro atoms. The zero-order valence-electron chi connectivity index (χ0n) is 7.62. The Bertz CT molecular complexity index is 241. The van der Waals surface area contributed by atoms with Crippen molar-refractivity contribution >= 4 is 7.37 Å². The lowest BCUT2D eigenvalue weighted by atomic mass is 9.95. The Balaban J connectivity index is 2.73. The summed E-state index contributed by atoms with van der Waals surface area (Å²) in [5.41, 5.74) is 0. The van der Waals surface area contributed by atoms with Crippen LogP contribution in [0.15, 0.2) is 0 Å². The summed E-state index contributed by atoms with van der Waals surface area (Å²) in [6.07, 6.45) is 7.61. The summed E-state index contributed by atoms with van der Waals surface area (Å²) in [6, 6.07) is 0. The van der Waals surface area contributed by atoms with Crippen molar-refractivity contribution < 1.29 is 9.09 Å². The summed E-state index contributed by atoms with van der Waals surface area (Å²) in [6.45, 7) is 2.08. The highest BCUT2D eigenvalue weighted by Crippen LogP contribution is 2.57. The molecule has 0 aliphatic carbocycles. The third-order valence-corrected chi connectivity index (χ3v) is 5.27. The van der Waals surface area contributed by atoms with E-state index in [9.17, 15) is 4.57 Å². The van der Waals surface area contributed by atoms with Crippen LogP contribution < -0.4 is 0 Å². The minimum Gasteiger partial charge on any atom is -0.332 e. The lowest BCUT2D eigenvalue weighted by Gasteiger charge is -2.08. The maximum absolute atomic E-state index is 11.8. The Hall–Kier alpha value is -0.250. The molecule has 1 heterocycles. The largest absolute Gasteiger partial charge is 0.332 e. The molecule has 2 nitrogen and oxygen atoms in total. The van der Waals surface area contributed by atoms with Gasteiger partial charge in [0.1, 0.15) is 0 Å². The lowest BCUT2D eigenvalue weighted by Crippen LogP contribution is -2.08. The molecule has 12 heavy (non-hydrogen) atoms. The first-order valence-corrected chi connectivity index (χ1v) is 6.24. The summed E-state index contributed by atoms with van der Waals surface area (Å²) in [5, 5.41) is 0. The van der Waals surface area contributed by atoms with Crippen molar-refractivity contribution in [1.82, 2.24) is 0 Å². The van der Waals surface area contributed by atoms with Crippen LogP contribution in [0.4, 0.5) is 0 Å². The first-order chi connectivity index (χ1) is 5.65. The number of hydrogen-bond donors (Lipinski definition) is 0. The molecular weight excluding hydrogens is 171 g/mol. The van der Waals surface area contributed by atoms with E-state index in [1.165, 1.54) is 7.11 Å². The molecular formula is C9H15O2P. The van der Waals surface area contributed by atoms with E-state index >= 15 is 0 Å². The fourth-order valence-corrected chi connectivity index (χ4v) is 4.44. The minimum atomic E-state index is -2.34. The molecule has 0 aromatic heterocycles. The van der Waals surface area contributed by atoms with Crippen LogP contribution in [-0.4, -0.2) is 19.4 Å². The van der Waals surface area contributed by atoms with E-state index in [0.29, 0.717) is 18.2 Å². The smallest absolute Gasteiger partial charge is 0.204 e. The summed E-state index contributed by atoms with van der Waals surface area (Å²) in [7, 11) is -0.819. The molecule has 1 saturated heterocycles. The summed E-state index contributed by atoms with van der Waals surface area (Å²) in [4.78, 5) is 0. The van der Waals surface area contributed by atoms with Gasteiger partial charge in [0, 0.05) is 25.4 Å². The van der Waals surface area contributed by atoms with Crippen molar-refractivity contribution in [3.63, 3.8) is 0 Å².